The number of aromatic nitrogens is 2. The van der Waals surface area contributed by atoms with Gasteiger partial charge in [0.15, 0.2) is 5.69 Å². The lowest BCUT2D eigenvalue weighted by Gasteiger charge is -2.08. The Morgan fingerprint density at radius 3 is 2.29 bits per heavy atom. The quantitative estimate of drug-likeness (QED) is 0.802. The van der Waals surface area contributed by atoms with Crippen molar-refractivity contribution in [1.82, 2.24) is 9.97 Å². The molecule has 4 nitrogen and oxygen atoms in total. The van der Waals surface area contributed by atoms with Gasteiger partial charge in [-0.2, -0.15) is 0 Å². The molecule has 0 radical (unpaired) electrons. The standard InChI is InChI=1S/C15H10ClN3OS/c16-9-5-1-4-8-12(9)21-15-13(14(17)20)18-10-6-2-3-7-11(10)19-15/h1-8H,(H2,17,20). The van der Waals surface area contributed by atoms with Gasteiger partial charge in [0.1, 0.15) is 5.03 Å². The molecule has 0 aliphatic rings. The van der Waals surface area contributed by atoms with Gasteiger partial charge in [0.05, 0.1) is 16.1 Å². The first-order valence-corrected chi connectivity index (χ1v) is 7.33. The molecule has 3 rings (SSSR count). The Labute approximate surface area is 130 Å². The number of carbonyl (C=O) groups excluding carboxylic acids is 1. The molecular weight excluding hydrogens is 306 g/mol. The maximum absolute atomic E-state index is 11.6. The lowest BCUT2D eigenvalue weighted by atomic mass is 10.3. The number of benzene rings is 2. The van der Waals surface area contributed by atoms with Crippen molar-refractivity contribution in [3.05, 3.63) is 59.2 Å². The van der Waals surface area contributed by atoms with E-state index in [1.807, 2.05) is 36.4 Å². The molecule has 2 N–H and O–H groups in total. The number of hydrogen-bond acceptors (Lipinski definition) is 4. The molecule has 104 valence electrons. The summed E-state index contributed by atoms with van der Waals surface area (Å²) < 4.78 is 0. The molecule has 0 saturated heterocycles. The lowest BCUT2D eigenvalue weighted by Crippen LogP contribution is -2.15. The van der Waals surface area contributed by atoms with Crippen LogP contribution in [0.1, 0.15) is 10.5 Å². The third-order valence-corrected chi connectivity index (χ3v) is 4.31. The average molecular weight is 316 g/mol. The van der Waals surface area contributed by atoms with Crippen LogP contribution < -0.4 is 5.73 Å². The number of nitrogens with zero attached hydrogens (tertiary/aromatic N) is 2. The van der Waals surface area contributed by atoms with Gasteiger partial charge in [-0.25, -0.2) is 9.97 Å². The van der Waals surface area contributed by atoms with Crippen molar-refractivity contribution in [2.24, 2.45) is 5.73 Å². The predicted molar refractivity (Wildman–Crippen MR) is 83.6 cm³/mol. The Kier molecular flexibility index (Phi) is 3.77. The summed E-state index contributed by atoms with van der Waals surface area (Å²) >= 11 is 7.42. The second kappa shape index (κ2) is 5.71. The van der Waals surface area contributed by atoms with Gasteiger partial charge in [0.25, 0.3) is 5.91 Å². The smallest absolute Gasteiger partial charge is 0.270 e. The van der Waals surface area contributed by atoms with Crippen LogP contribution in [0.3, 0.4) is 0 Å². The van der Waals surface area contributed by atoms with E-state index >= 15 is 0 Å². The molecule has 0 bridgehead atoms. The summed E-state index contributed by atoms with van der Waals surface area (Å²) in [6.07, 6.45) is 0. The zero-order valence-electron chi connectivity index (χ0n) is 10.8. The highest BCUT2D eigenvalue weighted by Gasteiger charge is 2.15. The van der Waals surface area contributed by atoms with E-state index in [1.165, 1.54) is 11.8 Å². The third kappa shape index (κ3) is 2.84. The first-order chi connectivity index (χ1) is 10.1. The van der Waals surface area contributed by atoms with Gasteiger partial charge in [0, 0.05) is 4.90 Å². The molecular formula is C15H10ClN3OS. The molecule has 0 saturated carbocycles. The number of amides is 1. The fraction of sp³-hybridized carbons (Fsp3) is 0. The summed E-state index contributed by atoms with van der Waals surface area (Å²) in [4.78, 5) is 21.2. The Hall–Kier alpha value is -2.11. The van der Waals surface area contributed by atoms with E-state index in [4.69, 9.17) is 17.3 Å². The fourth-order valence-corrected chi connectivity index (χ4v) is 3.01. The summed E-state index contributed by atoms with van der Waals surface area (Å²) in [6, 6.07) is 14.7. The molecule has 0 atom stereocenters. The molecule has 1 aromatic heterocycles. The second-order valence-electron chi connectivity index (χ2n) is 4.26. The molecule has 3 aromatic rings. The van der Waals surface area contributed by atoms with E-state index in [0.29, 0.717) is 21.1 Å². The van der Waals surface area contributed by atoms with Crippen molar-refractivity contribution >= 4 is 40.3 Å². The zero-order valence-corrected chi connectivity index (χ0v) is 12.4. The minimum Gasteiger partial charge on any atom is -0.364 e. The van der Waals surface area contributed by atoms with Crippen LogP contribution in [-0.4, -0.2) is 15.9 Å². The van der Waals surface area contributed by atoms with E-state index in [0.717, 1.165) is 4.90 Å². The molecule has 0 aliphatic heterocycles. The Morgan fingerprint density at radius 1 is 1.00 bits per heavy atom. The van der Waals surface area contributed by atoms with E-state index in [1.54, 1.807) is 12.1 Å². The van der Waals surface area contributed by atoms with Crippen LogP contribution in [0.15, 0.2) is 58.5 Å². The van der Waals surface area contributed by atoms with E-state index in [-0.39, 0.29) is 5.69 Å². The second-order valence-corrected chi connectivity index (χ2v) is 5.70. The Morgan fingerprint density at radius 2 is 1.62 bits per heavy atom. The fourth-order valence-electron chi connectivity index (χ4n) is 1.85. The average Bonchev–Trinajstić information content (AvgIpc) is 2.48. The number of rotatable bonds is 3. The maximum atomic E-state index is 11.6. The summed E-state index contributed by atoms with van der Waals surface area (Å²) in [5, 5.41) is 1.04. The van der Waals surface area contributed by atoms with Crippen LogP contribution in [0, 0.1) is 0 Å². The Bertz CT molecular complexity index is 838. The van der Waals surface area contributed by atoms with Crippen LogP contribution in [0.5, 0.6) is 0 Å². The molecule has 0 spiro atoms. The van der Waals surface area contributed by atoms with Crippen LogP contribution in [-0.2, 0) is 0 Å². The summed E-state index contributed by atoms with van der Waals surface area (Å²) in [5.41, 5.74) is 6.90. The van der Waals surface area contributed by atoms with Gasteiger partial charge in [-0.15, -0.1) is 0 Å². The van der Waals surface area contributed by atoms with E-state index < -0.39 is 5.91 Å². The molecule has 1 heterocycles. The van der Waals surface area contributed by atoms with Crippen molar-refractivity contribution in [3.63, 3.8) is 0 Å². The normalized spacial score (nSPS) is 10.7. The highest BCUT2D eigenvalue weighted by Crippen LogP contribution is 2.34. The van der Waals surface area contributed by atoms with Crippen molar-refractivity contribution in [2.75, 3.05) is 0 Å². The minimum atomic E-state index is -0.609. The molecule has 21 heavy (non-hydrogen) atoms. The van der Waals surface area contributed by atoms with Gasteiger partial charge in [-0.05, 0) is 24.3 Å². The molecule has 2 aromatic carbocycles. The lowest BCUT2D eigenvalue weighted by molar-refractivity contribution is 0.0992. The molecule has 1 amide bonds. The largest absolute Gasteiger partial charge is 0.364 e. The highest BCUT2D eigenvalue weighted by atomic mass is 35.5. The topological polar surface area (TPSA) is 68.9 Å². The minimum absolute atomic E-state index is 0.151. The highest BCUT2D eigenvalue weighted by molar-refractivity contribution is 7.99. The number of nitrogens with two attached hydrogens (primary N) is 1. The van der Waals surface area contributed by atoms with Crippen molar-refractivity contribution in [2.45, 2.75) is 9.92 Å². The molecule has 6 heteroatoms. The maximum Gasteiger partial charge on any atom is 0.270 e. The van der Waals surface area contributed by atoms with Crippen LogP contribution in [0.25, 0.3) is 11.0 Å². The van der Waals surface area contributed by atoms with Crippen molar-refractivity contribution in [3.8, 4) is 0 Å². The SMILES string of the molecule is NC(=O)c1nc2ccccc2nc1Sc1ccccc1Cl. The number of halogens is 1. The van der Waals surface area contributed by atoms with Gasteiger partial charge < -0.3 is 5.73 Å². The van der Waals surface area contributed by atoms with Gasteiger partial charge in [-0.3, -0.25) is 4.79 Å². The van der Waals surface area contributed by atoms with Crippen LogP contribution >= 0.6 is 23.4 Å². The molecule has 0 fully saturated rings. The Balaban J connectivity index is 2.14. The van der Waals surface area contributed by atoms with Crippen molar-refractivity contribution in [1.29, 1.82) is 0 Å². The number of carbonyl (C=O) groups is 1. The summed E-state index contributed by atoms with van der Waals surface area (Å²) in [6.45, 7) is 0. The van der Waals surface area contributed by atoms with Crippen molar-refractivity contribution < 1.29 is 4.79 Å². The zero-order chi connectivity index (χ0) is 14.8. The number of hydrogen-bond donors (Lipinski definition) is 1. The molecule has 0 aliphatic carbocycles. The monoisotopic (exact) mass is 315 g/mol. The molecule has 0 unspecified atom stereocenters. The van der Waals surface area contributed by atoms with E-state index in [9.17, 15) is 4.79 Å². The third-order valence-electron chi connectivity index (χ3n) is 2.82. The van der Waals surface area contributed by atoms with Gasteiger partial charge >= 0.3 is 0 Å². The summed E-state index contributed by atoms with van der Waals surface area (Å²) in [7, 11) is 0. The first-order valence-electron chi connectivity index (χ1n) is 6.14. The predicted octanol–water partition coefficient (Wildman–Crippen LogP) is 3.53. The first kappa shape index (κ1) is 13.9. The number of para-hydroxylation sites is 2. The van der Waals surface area contributed by atoms with Crippen LogP contribution in [0.4, 0.5) is 0 Å². The summed E-state index contributed by atoms with van der Waals surface area (Å²) in [5.74, 6) is -0.609. The van der Waals surface area contributed by atoms with Gasteiger partial charge in [0.2, 0.25) is 0 Å². The van der Waals surface area contributed by atoms with Crippen LogP contribution in [0.2, 0.25) is 5.02 Å². The number of primary amides is 1. The van der Waals surface area contributed by atoms with Gasteiger partial charge in [-0.1, -0.05) is 47.6 Å². The van der Waals surface area contributed by atoms with E-state index in [2.05, 4.69) is 9.97 Å². The number of fused-ring (bicyclic) bond motifs is 1.